The van der Waals surface area contributed by atoms with Gasteiger partial charge in [0.1, 0.15) is 12.0 Å². The maximum absolute atomic E-state index is 4.86. The summed E-state index contributed by atoms with van der Waals surface area (Å²) in [5.41, 5.74) is 8.64. The molecule has 1 atom stereocenters. The number of nitrogens with zero attached hydrogens (tertiary/aromatic N) is 4. The van der Waals surface area contributed by atoms with Gasteiger partial charge in [-0.05, 0) is 61.4 Å². The molecule has 0 saturated heterocycles. The molecule has 0 bridgehead atoms. The first kappa shape index (κ1) is 16.4. The molecule has 4 nitrogen and oxygen atoms in total. The smallest absolute Gasteiger partial charge is 0.118 e. The van der Waals surface area contributed by atoms with Crippen LogP contribution in [0.1, 0.15) is 23.9 Å². The molecule has 3 aromatic carbocycles. The Balaban J connectivity index is 1.40. The highest BCUT2D eigenvalue weighted by Crippen LogP contribution is 2.38. The normalized spacial score (nSPS) is 17.2. The molecule has 2 aliphatic heterocycles. The van der Waals surface area contributed by atoms with E-state index in [0.717, 1.165) is 17.8 Å². The molecule has 1 aromatic heterocycles. The topological polar surface area (TPSA) is 24.3 Å². The highest BCUT2D eigenvalue weighted by Gasteiger charge is 2.28. The highest BCUT2D eigenvalue weighted by molar-refractivity contribution is 5.81. The van der Waals surface area contributed by atoms with Gasteiger partial charge in [0.15, 0.2) is 0 Å². The summed E-state index contributed by atoms with van der Waals surface area (Å²) in [6, 6.07) is 23.6. The fourth-order valence-corrected chi connectivity index (χ4v) is 4.70. The third kappa shape index (κ3) is 2.35. The first-order valence-electron chi connectivity index (χ1n) is 10.1. The fourth-order valence-electron chi connectivity index (χ4n) is 4.70. The third-order valence-corrected chi connectivity index (χ3v) is 6.14. The number of benzene rings is 3. The summed E-state index contributed by atoms with van der Waals surface area (Å²) in [5, 5.41) is 0. The maximum Gasteiger partial charge on any atom is 0.118 e. The van der Waals surface area contributed by atoms with E-state index in [1.165, 1.54) is 33.7 Å². The summed E-state index contributed by atoms with van der Waals surface area (Å²) in [6.07, 6.45) is 5.47. The zero-order valence-corrected chi connectivity index (χ0v) is 16.6. The van der Waals surface area contributed by atoms with E-state index in [0.29, 0.717) is 0 Å². The second-order valence-corrected chi connectivity index (χ2v) is 7.88. The lowest BCUT2D eigenvalue weighted by Gasteiger charge is -2.31. The van der Waals surface area contributed by atoms with Crippen LogP contribution in [0.5, 0.6) is 0 Å². The monoisotopic (exact) mass is 378 g/mol. The van der Waals surface area contributed by atoms with Gasteiger partial charge in [0.05, 0.1) is 16.7 Å². The molecule has 0 unspecified atom stereocenters. The Hall–Kier alpha value is -3.53. The van der Waals surface area contributed by atoms with E-state index in [1.807, 2.05) is 0 Å². The molecule has 0 fully saturated rings. The quantitative estimate of drug-likeness (QED) is 0.412. The van der Waals surface area contributed by atoms with Gasteiger partial charge >= 0.3 is 0 Å². The SMILES string of the molecule is Cc1cc2c(cc1N1C=CN(c3ccccc3)[C@@H]1C)Cc1nc3ccccc3n1-2. The van der Waals surface area contributed by atoms with Gasteiger partial charge in [-0.2, -0.15) is 0 Å². The number of anilines is 2. The van der Waals surface area contributed by atoms with Gasteiger partial charge in [0.2, 0.25) is 0 Å². The predicted molar refractivity (Wildman–Crippen MR) is 119 cm³/mol. The summed E-state index contributed by atoms with van der Waals surface area (Å²) < 4.78 is 2.32. The van der Waals surface area contributed by atoms with Gasteiger partial charge in [-0.25, -0.2) is 4.98 Å². The first-order chi connectivity index (χ1) is 14.2. The van der Waals surface area contributed by atoms with Gasteiger partial charge in [0.25, 0.3) is 0 Å². The lowest BCUT2D eigenvalue weighted by atomic mass is 10.1. The standard InChI is InChI=1S/C25H22N4/c1-17-14-24-19(16-25-26-21-10-6-7-11-22(21)29(24)25)15-23(17)28-13-12-27(18(28)2)20-8-4-3-5-9-20/h3-15,18H,16H2,1-2H3/t18-/m0/s1. The van der Waals surface area contributed by atoms with E-state index in [1.54, 1.807) is 0 Å². The number of imidazole rings is 1. The number of aromatic nitrogens is 2. The van der Waals surface area contributed by atoms with Crippen LogP contribution in [-0.4, -0.2) is 15.7 Å². The Bertz CT molecular complexity index is 1270. The van der Waals surface area contributed by atoms with Crippen molar-refractivity contribution >= 4 is 22.4 Å². The molecule has 0 N–H and O–H groups in total. The molecule has 6 rings (SSSR count). The van der Waals surface area contributed by atoms with Gasteiger partial charge in [0, 0.05) is 30.2 Å². The van der Waals surface area contributed by atoms with Crippen LogP contribution in [0.15, 0.2) is 79.1 Å². The van der Waals surface area contributed by atoms with Crippen molar-refractivity contribution < 1.29 is 0 Å². The average molecular weight is 378 g/mol. The minimum atomic E-state index is 0.230. The number of hydrogen-bond acceptors (Lipinski definition) is 3. The summed E-state index contributed by atoms with van der Waals surface area (Å²) in [6.45, 7) is 4.46. The zero-order valence-electron chi connectivity index (χ0n) is 16.6. The summed E-state index contributed by atoms with van der Waals surface area (Å²) in [4.78, 5) is 9.53. The molecule has 0 aliphatic carbocycles. The van der Waals surface area contributed by atoms with Crippen molar-refractivity contribution in [3.8, 4) is 5.69 Å². The number of fused-ring (bicyclic) bond motifs is 5. The zero-order chi connectivity index (χ0) is 19.5. The molecular weight excluding hydrogens is 356 g/mol. The van der Waals surface area contributed by atoms with Crippen molar-refractivity contribution in [3.05, 3.63) is 96.1 Å². The Kier molecular flexibility index (Phi) is 3.39. The highest BCUT2D eigenvalue weighted by atomic mass is 15.4. The largest absolute Gasteiger partial charge is 0.326 e. The number of para-hydroxylation sites is 3. The predicted octanol–water partition coefficient (Wildman–Crippen LogP) is 5.38. The molecule has 3 heterocycles. The molecule has 142 valence electrons. The van der Waals surface area contributed by atoms with Crippen molar-refractivity contribution in [1.29, 1.82) is 0 Å². The Labute approximate surface area is 170 Å². The van der Waals surface area contributed by atoms with Gasteiger partial charge in [-0.15, -0.1) is 0 Å². The van der Waals surface area contributed by atoms with E-state index < -0.39 is 0 Å². The second-order valence-electron chi connectivity index (χ2n) is 7.88. The lowest BCUT2D eigenvalue weighted by molar-refractivity contribution is 0.748. The van der Waals surface area contributed by atoms with Crippen LogP contribution in [-0.2, 0) is 6.42 Å². The van der Waals surface area contributed by atoms with Crippen LogP contribution in [0.4, 0.5) is 11.4 Å². The van der Waals surface area contributed by atoms with Crippen LogP contribution in [0.2, 0.25) is 0 Å². The van der Waals surface area contributed by atoms with E-state index in [-0.39, 0.29) is 6.17 Å². The molecule has 2 aliphatic rings. The molecular formula is C25H22N4. The van der Waals surface area contributed by atoms with Crippen LogP contribution < -0.4 is 9.80 Å². The summed E-state index contributed by atoms with van der Waals surface area (Å²) in [5.74, 6) is 1.13. The third-order valence-electron chi connectivity index (χ3n) is 6.14. The van der Waals surface area contributed by atoms with E-state index in [2.05, 4.69) is 107 Å². The minimum absolute atomic E-state index is 0.230. The second kappa shape index (κ2) is 5.98. The van der Waals surface area contributed by atoms with Crippen molar-refractivity contribution in [2.45, 2.75) is 26.4 Å². The maximum atomic E-state index is 4.86. The molecule has 0 saturated carbocycles. The van der Waals surface area contributed by atoms with Crippen LogP contribution in [0.3, 0.4) is 0 Å². The number of hydrogen-bond donors (Lipinski definition) is 0. The van der Waals surface area contributed by atoms with Crippen molar-refractivity contribution in [3.63, 3.8) is 0 Å². The lowest BCUT2D eigenvalue weighted by Crippen LogP contribution is -2.36. The fraction of sp³-hybridized carbons (Fsp3) is 0.160. The van der Waals surface area contributed by atoms with Crippen molar-refractivity contribution in [2.75, 3.05) is 9.80 Å². The molecule has 4 aromatic rings. The van der Waals surface area contributed by atoms with Crippen molar-refractivity contribution in [1.82, 2.24) is 9.55 Å². The summed E-state index contributed by atoms with van der Waals surface area (Å²) in [7, 11) is 0. The van der Waals surface area contributed by atoms with Crippen molar-refractivity contribution in [2.24, 2.45) is 0 Å². The minimum Gasteiger partial charge on any atom is -0.326 e. The summed E-state index contributed by atoms with van der Waals surface area (Å²) >= 11 is 0. The Morgan fingerprint density at radius 2 is 1.62 bits per heavy atom. The van der Waals surface area contributed by atoms with Gasteiger partial charge in [-0.3, -0.25) is 4.57 Å². The van der Waals surface area contributed by atoms with E-state index in [4.69, 9.17) is 4.98 Å². The van der Waals surface area contributed by atoms with Gasteiger partial charge < -0.3 is 9.80 Å². The molecule has 0 amide bonds. The number of rotatable bonds is 2. The molecule has 0 spiro atoms. The van der Waals surface area contributed by atoms with Crippen LogP contribution in [0.25, 0.3) is 16.7 Å². The molecule has 4 heteroatoms. The van der Waals surface area contributed by atoms with E-state index >= 15 is 0 Å². The Morgan fingerprint density at radius 1 is 0.862 bits per heavy atom. The Morgan fingerprint density at radius 3 is 2.48 bits per heavy atom. The molecule has 0 radical (unpaired) electrons. The van der Waals surface area contributed by atoms with Crippen LogP contribution >= 0.6 is 0 Å². The van der Waals surface area contributed by atoms with Crippen LogP contribution in [0, 0.1) is 6.92 Å². The van der Waals surface area contributed by atoms with Gasteiger partial charge in [-0.1, -0.05) is 30.3 Å². The average Bonchev–Trinajstić information content (AvgIpc) is 3.39. The number of aryl methyl sites for hydroxylation is 1. The van der Waals surface area contributed by atoms with E-state index in [9.17, 15) is 0 Å². The first-order valence-corrected chi connectivity index (χ1v) is 10.1. The molecule has 29 heavy (non-hydrogen) atoms.